The third-order valence-electron chi connectivity index (χ3n) is 4.01. The van der Waals surface area contributed by atoms with Gasteiger partial charge < -0.3 is 19.4 Å². The monoisotopic (exact) mass is 316 g/mol. The van der Waals surface area contributed by atoms with E-state index in [4.69, 9.17) is 9.15 Å². The van der Waals surface area contributed by atoms with Crippen LogP contribution in [-0.2, 0) is 16.1 Å². The number of aromatic nitrogens is 2. The molecule has 1 fully saturated rings. The standard InChI is InChI=1S/C16H20N4O3/c1-22-11-12-9-20(16-17-5-3-6-18-16)10-14(12)15(21)19-8-13-4-2-7-23-13/h2-7,12,14H,8-11H2,1H3,(H,19,21)/t12-,14+/m0/s1. The molecule has 0 aliphatic carbocycles. The smallest absolute Gasteiger partial charge is 0.225 e. The molecule has 1 saturated heterocycles. The molecule has 0 radical (unpaired) electrons. The van der Waals surface area contributed by atoms with Crippen molar-refractivity contribution in [1.29, 1.82) is 0 Å². The highest BCUT2D eigenvalue weighted by Crippen LogP contribution is 2.26. The van der Waals surface area contributed by atoms with E-state index in [0.717, 1.165) is 5.76 Å². The number of nitrogens with one attached hydrogen (secondary N) is 1. The SMILES string of the molecule is COC[C@@H]1CN(c2ncccn2)C[C@H]1C(=O)NCc1ccco1. The minimum Gasteiger partial charge on any atom is -0.467 e. The molecule has 1 aliphatic heterocycles. The molecule has 3 heterocycles. The molecule has 1 amide bonds. The molecule has 7 heteroatoms. The minimum absolute atomic E-state index is 0.00174. The second-order valence-corrected chi connectivity index (χ2v) is 5.57. The van der Waals surface area contributed by atoms with Crippen molar-refractivity contribution < 1.29 is 13.9 Å². The molecular formula is C16H20N4O3. The van der Waals surface area contributed by atoms with Crippen molar-refractivity contribution in [2.75, 3.05) is 31.7 Å². The average molecular weight is 316 g/mol. The van der Waals surface area contributed by atoms with Crippen molar-refractivity contribution in [2.45, 2.75) is 6.54 Å². The van der Waals surface area contributed by atoms with Crippen LogP contribution in [-0.4, -0.2) is 42.7 Å². The van der Waals surface area contributed by atoms with E-state index < -0.39 is 0 Å². The zero-order valence-electron chi connectivity index (χ0n) is 13.0. The maximum atomic E-state index is 12.5. The summed E-state index contributed by atoms with van der Waals surface area (Å²) in [5, 5.41) is 2.93. The number of amides is 1. The van der Waals surface area contributed by atoms with Crippen LogP contribution in [0.1, 0.15) is 5.76 Å². The van der Waals surface area contributed by atoms with Crippen LogP contribution < -0.4 is 10.2 Å². The maximum Gasteiger partial charge on any atom is 0.225 e. The van der Waals surface area contributed by atoms with Crippen molar-refractivity contribution in [2.24, 2.45) is 11.8 Å². The zero-order valence-corrected chi connectivity index (χ0v) is 13.0. The number of anilines is 1. The average Bonchev–Trinajstić information content (AvgIpc) is 3.23. The van der Waals surface area contributed by atoms with E-state index in [1.807, 2.05) is 11.0 Å². The van der Waals surface area contributed by atoms with Crippen LogP contribution in [0.25, 0.3) is 0 Å². The van der Waals surface area contributed by atoms with E-state index in [1.165, 1.54) is 0 Å². The third kappa shape index (κ3) is 3.68. The first-order valence-corrected chi connectivity index (χ1v) is 7.59. The van der Waals surface area contributed by atoms with Gasteiger partial charge in [-0.05, 0) is 18.2 Å². The maximum absolute atomic E-state index is 12.5. The molecule has 1 aliphatic rings. The first-order chi connectivity index (χ1) is 11.3. The molecule has 3 rings (SSSR count). The number of methoxy groups -OCH3 is 1. The Hall–Kier alpha value is -2.41. The number of rotatable bonds is 6. The van der Waals surface area contributed by atoms with E-state index in [1.54, 1.807) is 37.9 Å². The summed E-state index contributed by atoms with van der Waals surface area (Å²) in [6.45, 7) is 2.21. The van der Waals surface area contributed by atoms with Crippen LogP contribution in [0, 0.1) is 11.8 Å². The van der Waals surface area contributed by atoms with E-state index in [9.17, 15) is 4.79 Å². The van der Waals surface area contributed by atoms with Crippen LogP contribution in [0.4, 0.5) is 5.95 Å². The van der Waals surface area contributed by atoms with Crippen LogP contribution in [0.15, 0.2) is 41.3 Å². The highest BCUT2D eigenvalue weighted by Gasteiger charge is 2.38. The van der Waals surface area contributed by atoms with Crippen molar-refractivity contribution in [3.8, 4) is 0 Å². The first-order valence-electron chi connectivity index (χ1n) is 7.59. The molecule has 7 nitrogen and oxygen atoms in total. The molecule has 0 aromatic carbocycles. The predicted molar refractivity (Wildman–Crippen MR) is 83.7 cm³/mol. The van der Waals surface area contributed by atoms with Gasteiger partial charge in [-0.1, -0.05) is 0 Å². The summed E-state index contributed by atoms with van der Waals surface area (Å²) in [7, 11) is 1.65. The number of furan rings is 1. The second-order valence-electron chi connectivity index (χ2n) is 5.57. The lowest BCUT2D eigenvalue weighted by atomic mass is 9.96. The Morgan fingerprint density at radius 2 is 2.22 bits per heavy atom. The van der Waals surface area contributed by atoms with Crippen molar-refractivity contribution >= 4 is 11.9 Å². The summed E-state index contributed by atoms with van der Waals surface area (Å²) in [4.78, 5) is 23.1. The predicted octanol–water partition coefficient (Wildman–Crippen LogP) is 1.08. The molecule has 122 valence electrons. The summed E-state index contributed by atoms with van der Waals surface area (Å²) >= 11 is 0. The second kappa shape index (κ2) is 7.23. The van der Waals surface area contributed by atoms with Gasteiger partial charge in [-0.2, -0.15) is 0 Å². The van der Waals surface area contributed by atoms with Gasteiger partial charge >= 0.3 is 0 Å². The molecule has 0 bridgehead atoms. The van der Waals surface area contributed by atoms with Gasteiger partial charge in [0.25, 0.3) is 0 Å². The molecule has 0 unspecified atom stereocenters. The van der Waals surface area contributed by atoms with Crippen molar-refractivity contribution in [1.82, 2.24) is 15.3 Å². The summed E-state index contributed by atoms with van der Waals surface area (Å²) in [6.07, 6.45) is 5.01. The normalized spacial score (nSPS) is 20.7. The molecule has 2 atom stereocenters. The quantitative estimate of drug-likeness (QED) is 0.859. The fraction of sp³-hybridized carbons (Fsp3) is 0.438. The number of carbonyl (C=O) groups is 1. The molecule has 23 heavy (non-hydrogen) atoms. The summed E-state index contributed by atoms with van der Waals surface area (Å²) in [6, 6.07) is 5.42. The van der Waals surface area contributed by atoms with Crippen LogP contribution >= 0.6 is 0 Å². The molecular weight excluding hydrogens is 296 g/mol. The fourth-order valence-corrected chi connectivity index (χ4v) is 2.89. The Morgan fingerprint density at radius 1 is 1.39 bits per heavy atom. The zero-order chi connectivity index (χ0) is 16.1. The van der Waals surface area contributed by atoms with Gasteiger partial charge in [0.15, 0.2) is 0 Å². The van der Waals surface area contributed by atoms with Gasteiger partial charge in [-0.15, -0.1) is 0 Å². The highest BCUT2D eigenvalue weighted by molar-refractivity contribution is 5.80. The topological polar surface area (TPSA) is 80.5 Å². The minimum atomic E-state index is -0.159. The summed E-state index contributed by atoms with van der Waals surface area (Å²) in [5.74, 6) is 1.34. The van der Waals surface area contributed by atoms with Gasteiger partial charge in [0.2, 0.25) is 11.9 Å². The van der Waals surface area contributed by atoms with E-state index in [-0.39, 0.29) is 17.7 Å². The fourth-order valence-electron chi connectivity index (χ4n) is 2.89. The van der Waals surface area contributed by atoms with Gasteiger partial charge in [0.1, 0.15) is 5.76 Å². The number of hydrogen-bond donors (Lipinski definition) is 1. The van der Waals surface area contributed by atoms with Crippen molar-refractivity contribution in [3.05, 3.63) is 42.6 Å². The largest absolute Gasteiger partial charge is 0.467 e. The van der Waals surface area contributed by atoms with Gasteiger partial charge in [-0.25, -0.2) is 9.97 Å². The number of nitrogens with zero attached hydrogens (tertiary/aromatic N) is 3. The Kier molecular flexibility index (Phi) is 4.87. The van der Waals surface area contributed by atoms with E-state index in [2.05, 4.69) is 15.3 Å². The lowest BCUT2D eigenvalue weighted by Gasteiger charge is -2.16. The van der Waals surface area contributed by atoms with Crippen LogP contribution in [0.2, 0.25) is 0 Å². The summed E-state index contributed by atoms with van der Waals surface area (Å²) < 4.78 is 10.5. The molecule has 2 aromatic rings. The van der Waals surface area contributed by atoms with Crippen LogP contribution in [0.3, 0.4) is 0 Å². The number of ether oxygens (including phenoxy) is 1. The lowest BCUT2D eigenvalue weighted by Crippen LogP contribution is -2.36. The Balaban J connectivity index is 1.65. The van der Waals surface area contributed by atoms with Crippen molar-refractivity contribution in [3.63, 3.8) is 0 Å². The molecule has 2 aromatic heterocycles. The Labute approximate surface area is 134 Å². The number of carbonyl (C=O) groups excluding carboxylic acids is 1. The summed E-state index contributed by atoms with van der Waals surface area (Å²) in [5.41, 5.74) is 0. The van der Waals surface area contributed by atoms with E-state index in [0.29, 0.717) is 32.2 Å². The van der Waals surface area contributed by atoms with E-state index >= 15 is 0 Å². The Morgan fingerprint density at radius 3 is 2.91 bits per heavy atom. The molecule has 1 N–H and O–H groups in total. The molecule has 0 saturated carbocycles. The first kappa shape index (κ1) is 15.5. The molecule has 0 spiro atoms. The number of hydrogen-bond acceptors (Lipinski definition) is 6. The third-order valence-corrected chi connectivity index (χ3v) is 4.01. The highest BCUT2D eigenvalue weighted by atomic mass is 16.5. The van der Waals surface area contributed by atoms with Gasteiger partial charge in [-0.3, -0.25) is 4.79 Å². The van der Waals surface area contributed by atoms with Gasteiger partial charge in [0.05, 0.1) is 25.3 Å². The van der Waals surface area contributed by atoms with Gasteiger partial charge in [0, 0.05) is 38.5 Å². The van der Waals surface area contributed by atoms with Crippen LogP contribution in [0.5, 0.6) is 0 Å². The lowest BCUT2D eigenvalue weighted by molar-refractivity contribution is -0.126. The Bertz CT molecular complexity index is 618.